The molecule has 0 aromatic carbocycles. The molecule has 0 unspecified atom stereocenters. The van der Waals surface area contributed by atoms with Gasteiger partial charge in [0, 0.05) is 19.0 Å². The molecule has 0 saturated carbocycles. The summed E-state index contributed by atoms with van der Waals surface area (Å²) in [5.74, 6) is 0. The van der Waals surface area contributed by atoms with E-state index < -0.39 is 0 Å². The lowest BCUT2D eigenvalue weighted by Crippen LogP contribution is -2.52. The van der Waals surface area contributed by atoms with Crippen molar-refractivity contribution < 1.29 is 0 Å². The lowest BCUT2D eigenvalue weighted by Gasteiger charge is -2.34. The molecule has 0 radical (unpaired) electrons. The van der Waals surface area contributed by atoms with E-state index in [1.54, 1.807) is 5.72 Å². The minimum Gasteiger partial charge on any atom is -0.238 e. The van der Waals surface area contributed by atoms with Crippen molar-refractivity contribution in [2.45, 2.75) is 60.3 Å². The third-order valence-electron chi connectivity index (χ3n) is 3.44. The van der Waals surface area contributed by atoms with Gasteiger partial charge < -0.3 is 0 Å². The fourth-order valence-corrected chi connectivity index (χ4v) is 2.59. The zero-order valence-corrected chi connectivity index (χ0v) is 10.7. The van der Waals surface area contributed by atoms with Gasteiger partial charge in [-0.3, -0.25) is 0 Å². The summed E-state index contributed by atoms with van der Waals surface area (Å²) in [6.45, 7) is 17.2. The molecule has 0 atom stereocenters. The van der Waals surface area contributed by atoms with Crippen LogP contribution in [0.15, 0.2) is 0 Å². The largest absolute Gasteiger partial charge is 0.462 e. The fraction of sp³-hybridized carbons (Fsp3) is 0.900. The van der Waals surface area contributed by atoms with E-state index in [-0.39, 0.29) is 0 Å². The Morgan fingerprint density at radius 3 is 1.36 bits per heavy atom. The van der Waals surface area contributed by atoms with Crippen molar-refractivity contribution in [2.24, 2.45) is 0 Å². The standard InChI is InChI=1S/C10H23B2N2/c1-8(2)13-11(6)10(5)12(7)14(13)9(3)4/h8-9H,1-7H3/q+1. The molecule has 14 heavy (non-hydrogen) atoms. The average molecular weight is 193 g/mol. The topological polar surface area (TPSA) is 6.48 Å². The maximum absolute atomic E-state index is 2.52. The highest BCUT2D eigenvalue weighted by Crippen LogP contribution is 2.30. The van der Waals surface area contributed by atoms with Crippen molar-refractivity contribution in [3.63, 3.8) is 0 Å². The van der Waals surface area contributed by atoms with Gasteiger partial charge in [-0.05, 0) is 47.1 Å². The zero-order valence-electron chi connectivity index (χ0n) is 10.7. The van der Waals surface area contributed by atoms with Gasteiger partial charge in [0.05, 0.1) is 0 Å². The molecule has 0 aromatic heterocycles. The van der Waals surface area contributed by atoms with Gasteiger partial charge in [-0.2, -0.15) is 0 Å². The maximum Gasteiger partial charge on any atom is 0.462 e. The second kappa shape index (κ2) is 4.19. The molecule has 0 aliphatic carbocycles. The van der Waals surface area contributed by atoms with Crippen LogP contribution in [-0.2, 0) is 0 Å². The van der Waals surface area contributed by atoms with Crippen LogP contribution in [-0.4, -0.2) is 35.6 Å². The van der Waals surface area contributed by atoms with Crippen LogP contribution in [0.5, 0.6) is 0 Å². The minimum atomic E-state index is 0.590. The average Bonchev–Trinajstić information content (AvgIpc) is 2.29. The lowest BCUT2D eigenvalue weighted by molar-refractivity contribution is 0.0964. The molecule has 0 aromatic rings. The van der Waals surface area contributed by atoms with Crippen LogP contribution in [0.4, 0.5) is 0 Å². The Morgan fingerprint density at radius 1 is 0.857 bits per heavy atom. The molecule has 1 saturated heterocycles. The second-order valence-corrected chi connectivity index (χ2v) is 5.04. The van der Waals surface area contributed by atoms with Gasteiger partial charge >= 0.3 is 13.7 Å². The summed E-state index contributed by atoms with van der Waals surface area (Å²) in [6.07, 6.45) is 0. The number of hydrogen-bond acceptors (Lipinski definition) is 2. The summed E-state index contributed by atoms with van der Waals surface area (Å²) in [5.41, 5.74) is 1.59. The van der Waals surface area contributed by atoms with Crippen molar-refractivity contribution in [1.82, 2.24) is 9.84 Å². The molecule has 1 heterocycles. The summed E-state index contributed by atoms with van der Waals surface area (Å²) in [5, 5.41) is 0. The molecule has 1 aliphatic heterocycles. The fourth-order valence-electron chi connectivity index (χ4n) is 2.59. The van der Waals surface area contributed by atoms with Crippen LogP contribution in [0.25, 0.3) is 0 Å². The maximum atomic E-state index is 2.52. The molecule has 78 valence electrons. The predicted octanol–water partition coefficient (Wildman–Crippen LogP) is 2.25. The SMILES string of the molecule is CB1[C+](C)B(C)N(C(C)C)N1C(C)C. The number of nitrogens with zero attached hydrogens (tertiary/aromatic N) is 2. The van der Waals surface area contributed by atoms with Gasteiger partial charge in [-0.1, -0.05) is 0 Å². The van der Waals surface area contributed by atoms with Gasteiger partial charge in [-0.25, -0.2) is 9.84 Å². The number of hydrazine groups is 1. The number of hydrogen-bond donors (Lipinski definition) is 0. The third kappa shape index (κ3) is 1.82. The Bertz CT molecular complexity index is 177. The third-order valence-corrected chi connectivity index (χ3v) is 3.44. The summed E-state index contributed by atoms with van der Waals surface area (Å²) in [4.78, 5) is 5.04. The van der Waals surface area contributed by atoms with Gasteiger partial charge in [-0.15, -0.1) is 0 Å². The van der Waals surface area contributed by atoms with E-state index >= 15 is 0 Å². The summed E-state index contributed by atoms with van der Waals surface area (Å²) in [6, 6.07) is 1.18. The van der Waals surface area contributed by atoms with E-state index in [1.807, 2.05) is 0 Å². The van der Waals surface area contributed by atoms with E-state index in [9.17, 15) is 0 Å². The highest BCUT2D eigenvalue weighted by molar-refractivity contribution is 6.86. The van der Waals surface area contributed by atoms with Crippen molar-refractivity contribution >= 4 is 13.7 Å². The van der Waals surface area contributed by atoms with Crippen molar-refractivity contribution in [3.8, 4) is 0 Å². The quantitative estimate of drug-likeness (QED) is 0.490. The predicted molar refractivity (Wildman–Crippen MR) is 66.1 cm³/mol. The normalized spacial score (nSPS) is 20.8. The molecule has 0 spiro atoms. The smallest absolute Gasteiger partial charge is 0.238 e. The first kappa shape index (κ1) is 12.0. The van der Waals surface area contributed by atoms with E-state index in [0.717, 1.165) is 0 Å². The Balaban J connectivity index is 2.89. The van der Waals surface area contributed by atoms with Crippen LogP contribution in [0, 0.1) is 5.72 Å². The van der Waals surface area contributed by atoms with Crippen LogP contribution >= 0.6 is 0 Å². The minimum absolute atomic E-state index is 0.590. The second-order valence-electron chi connectivity index (χ2n) is 5.04. The molecule has 2 nitrogen and oxygen atoms in total. The van der Waals surface area contributed by atoms with E-state index in [0.29, 0.717) is 25.8 Å². The van der Waals surface area contributed by atoms with Crippen LogP contribution in [0.1, 0.15) is 34.6 Å². The molecule has 0 bridgehead atoms. The van der Waals surface area contributed by atoms with E-state index in [2.05, 4.69) is 58.1 Å². The Morgan fingerprint density at radius 2 is 1.14 bits per heavy atom. The molecule has 1 rings (SSSR count). The van der Waals surface area contributed by atoms with Crippen molar-refractivity contribution in [1.29, 1.82) is 0 Å². The van der Waals surface area contributed by atoms with Crippen molar-refractivity contribution in [2.75, 3.05) is 0 Å². The van der Waals surface area contributed by atoms with E-state index in [4.69, 9.17) is 0 Å². The van der Waals surface area contributed by atoms with E-state index in [1.165, 1.54) is 0 Å². The number of rotatable bonds is 2. The first-order chi connectivity index (χ1) is 6.37. The Kier molecular flexibility index (Phi) is 3.59. The van der Waals surface area contributed by atoms with Crippen molar-refractivity contribution in [3.05, 3.63) is 5.72 Å². The summed E-state index contributed by atoms with van der Waals surface area (Å²) < 4.78 is 0. The molecular weight excluding hydrogens is 170 g/mol. The van der Waals surface area contributed by atoms with Gasteiger partial charge in [0.15, 0.2) is 0 Å². The van der Waals surface area contributed by atoms with Gasteiger partial charge in [0.2, 0.25) is 0 Å². The summed E-state index contributed by atoms with van der Waals surface area (Å²) >= 11 is 0. The molecular formula is C10H23B2N2+. The molecule has 0 N–H and O–H groups in total. The zero-order chi connectivity index (χ0) is 11.0. The highest BCUT2D eigenvalue weighted by Gasteiger charge is 2.58. The summed E-state index contributed by atoms with van der Waals surface area (Å²) in [7, 11) is 0. The lowest BCUT2D eigenvalue weighted by atomic mass is 9.36. The molecule has 1 aliphatic rings. The first-order valence-electron chi connectivity index (χ1n) is 5.77. The Hall–Kier alpha value is -0.0801. The first-order valence-corrected chi connectivity index (χ1v) is 5.77. The van der Waals surface area contributed by atoms with Crippen LogP contribution < -0.4 is 0 Å². The Labute approximate surface area is 90.2 Å². The van der Waals surface area contributed by atoms with Gasteiger partial charge in [0.25, 0.3) is 0 Å². The molecule has 0 amide bonds. The van der Waals surface area contributed by atoms with Gasteiger partial charge in [0.1, 0.15) is 0 Å². The van der Waals surface area contributed by atoms with Crippen LogP contribution in [0.3, 0.4) is 0 Å². The monoisotopic (exact) mass is 193 g/mol. The molecule has 1 fully saturated rings. The molecule has 4 heteroatoms. The van der Waals surface area contributed by atoms with Crippen LogP contribution in [0.2, 0.25) is 13.6 Å². The highest BCUT2D eigenvalue weighted by atomic mass is 15.6.